The summed E-state index contributed by atoms with van der Waals surface area (Å²) in [6, 6.07) is 10.7. The van der Waals surface area contributed by atoms with Crippen molar-refractivity contribution >= 4 is 0 Å². The Balaban J connectivity index is 1.89. The molecule has 0 aliphatic heterocycles. The van der Waals surface area contributed by atoms with Crippen molar-refractivity contribution in [2.45, 2.75) is 25.2 Å². The van der Waals surface area contributed by atoms with E-state index in [0.717, 1.165) is 18.0 Å². The molecule has 1 fully saturated rings. The van der Waals surface area contributed by atoms with E-state index in [1.54, 1.807) is 0 Å². The molecule has 0 bridgehead atoms. The van der Waals surface area contributed by atoms with Crippen LogP contribution in [0, 0.1) is 0 Å². The first-order valence-electron chi connectivity index (χ1n) is 6.22. The maximum Gasteiger partial charge on any atom is 0.0649 e. The van der Waals surface area contributed by atoms with Gasteiger partial charge in [-0.3, -0.25) is 0 Å². The van der Waals surface area contributed by atoms with Crippen molar-refractivity contribution in [1.29, 1.82) is 0 Å². The van der Waals surface area contributed by atoms with Gasteiger partial charge in [0.2, 0.25) is 0 Å². The topological polar surface area (TPSA) is 43.8 Å². The fourth-order valence-electron chi connectivity index (χ4n) is 2.19. The van der Waals surface area contributed by atoms with Crippen LogP contribution in [0.25, 0.3) is 5.69 Å². The van der Waals surface area contributed by atoms with Crippen LogP contribution in [0.5, 0.6) is 0 Å². The summed E-state index contributed by atoms with van der Waals surface area (Å²) in [7, 11) is 0. The molecule has 1 aromatic carbocycles. The lowest BCUT2D eigenvalue weighted by Gasteiger charge is -2.07. The highest BCUT2D eigenvalue weighted by atomic mass is 15.3. The summed E-state index contributed by atoms with van der Waals surface area (Å²) >= 11 is 0. The number of benzene rings is 1. The Hall–Kier alpha value is -1.61. The molecule has 1 saturated carbocycles. The van der Waals surface area contributed by atoms with E-state index in [-0.39, 0.29) is 0 Å². The largest absolute Gasteiger partial charge is 0.330 e. The molecule has 1 aliphatic rings. The number of aromatic nitrogens is 2. The zero-order valence-corrected chi connectivity index (χ0v) is 9.84. The molecule has 3 rings (SSSR count). The normalized spacial score (nSPS) is 15.1. The van der Waals surface area contributed by atoms with Crippen LogP contribution < -0.4 is 5.73 Å². The van der Waals surface area contributed by atoms with E-state index in [2.05, 4.69) is 40.1 Å². The van der Waals surface area contributed by atoms with Gasteiger partial charge in [-0.25, -0.2) is 4.68 Å². The first-order chi connectivity index (χ1) is 8.38. The lowest BCUT2D eigenvalue weighted by Crippen LogP contribution is -2.04. The van der Waals surface area contributed by atoms with Crippen LogP contribution in [0.1, 0.15) is 30.0 Å². The lowest BCUT2D eigenvalue weighted by molar-refractivity contribution is 0.807. The molecule has 1 aromatic heterocycles. The zero-order chi connectivity index (χ0) is 11.7. The Bertz CT molecular complexity index is 494. The summed E-state index contributed by atoms with van der Waals surface area (Å²) < 4.78 is 2.06. The van der Waals surface area contributed by atoms with Crippen LogP contribution in [0.3, 0.4) is 0 Å². The van der Waals surface area contributed by atoms with Gasteiger partial charge in [0.15, 0.2) is 0 Å². The van der Waals surface area contributed by atoms with Crippen LogP contribution in [-0.4, -0.2) is 16.3 Å². The molecule has 1 aliphatic carbocycles. The Labute approximate surface area is 101 Å². The molecule has 0 spiro atoms. The van der Waals surface area contributed by atoms with E-state index in [1.165, 1.54) is 24.1 Å². The number of nitrogens with two attached hydrogens (primary N) is 1. The molecule has 0 radical (unpaired) electrons. The SMILES string of the molecule is NCCc1ccc(-n2nccc2C2CC2)cc1. The molecule has 1 heterocycles. The summed E-state index contributed by atoms with van der Waals surface area (Å²) in [4.78, 5) is 0. The van der Waals surface area contributed by atoms with Crippen molar-refractivity contribution in [3.63, 3.8) is 0 Å². The summed E-state index contributed by atoms with van der Waals surface area (Å²) in [5, 5.41) is 4.42. The van der Waals surface area contributed by atoms with Gasteiger partial charge in [-0.1, -0.05) is 12.1 Å². The molecule has 2 N–H and O–H groups in total. The van der Waals surface area contributed by atoms with Gasteiger partial charge in [0, 0.05) is 17.8 Å². The molecule has 0 unspecified atom stereocenters. The van der Waals surface area contributed by atoms with Crippen molar-refractivity contribution in [1.82, 2.24) is 9.78 Å². The van der Waals surface area contributed by atoms with Gasteiger partial charge in [0.05, 0.1) is 5.69 Å². The molecule has 3 heteroatoms. The van der Waals surface area contributed by atoms with Gasteiger partial charge >= 0.3 is 0 Å². The van der Waals surface area contributed by atoms with Crippen molar-refractivity contribution in [2.75, 3.05) is 6.54 Å². The number of hydrogen-bond acceptors (Lipinski definition) is 2. The van der Waals surface area contributed by atoms with E-state index < -0.39 is 0 Å². The fourth-order valence-corrected chi connectivity index (χ4v) is 2.19. The minimum Gasteiger partial charge on any atom is -0.330 e. The third kappa shape index (κ3) is 2.11. The number of rotatable bonds is 4. The quantitative estimate of drug-likeness (QED) is 0.870. The second-order valence-corrected chi connectivity index (χ2v) is 4.65. The highest BCUT2D eigenvalue weighted by Crippen LogP contribution is 2.40. The Morgan fingerprint density at radius 3 is 2.59 bits per heavy atom. The molecule has 0 saturated heterocycles. The first-order valence-corrected chi connectivity index (χ1v) is 6.22. The highest BCUT2D eigenvalue weighted by molar-refractivity contribution is 5.37. The Morgan fingerprint density at radius 1 is 1.18 bits per heavy atom. The molecule has 88 valence electrons. The Morgan fingerprint density at radius 2 is 1.94 bits per heavy atom. The van der Waals surface area contributed by atoms with E-state index in [9.17, 15) is 0 Å². The fraction of sp³-hybridized carbons (Fsp3) is 0.357. The lowest BCUT2D eigenvalue weighted by atomic mass is 10.1. The smallest absolute Gasteiger partial charge is 0.0649 e. The minimum atomic E-state index is 0.703. The van der Waals surface area contributed by atoms with Gasteiger partial charge < -0.3 is 5.73 Å². The van der Waals surface area contributed by atoms with Crippen LogP contribution in [0.2, 0.25) is 0 Å². The van der Waals surface area contributed by atoms with Crippen molar-refractivity contribution < 1.29 is 0 Å². The minimum absolute atomic E-state index is 0.703. The average Bonchev–Trinajstić information content (AvgIpc) is 3.09. The van der Waals surface area contributed by atoms with Gasteiger partial charge in [-0.05, 0) is 49.6 Å². The van der Waals surface area contributed by atoms with Crippen molar-refractivity contribution in [3.05, 3.63) is 47.8 Å². The third-order valence-electron chi connectivity index (χ3n) is 3.28. The maximum atomic E-state index is 5.55. The van der Waals surface area contributed by atoms with Crippen LogP contribution in [-0.2, 0) is 6.42 Å². The van der Waals surface area contributed by atoms with Crippen molar-refractivity contribution in [3.8, 4) is 5.69 Å². The monoisotopic (exact) mass is 227 g/mol. The maximum absolute atomic E-state index is 5.55. The van der Waals surface area contributed by atoms with Crippen LogP contribution in [0.4, 0.5) is 0 Å². The predicted molar refractivity (Wildman–Crippen MR) is 68.3 cm³/mol. The van der Waals surface area contributed by atoms with Gasteiger partial charge in [-0.2, -0.15) is 5.10 Å². The highest BCUT2D eigenvalue weighted by Gasteiger charge is 2.27. The van der Waals surface area contributed by atoms with Gasteiger partial charge in [-0.15, -0.1) is 0 Å². The summed E-state index contributed by atoms with van der Waals surface area (Å²) in [5.41, 5.74) is 9.33. The zero-order valence-electron chi connectivity index (χ0n) is 9.84. The van der Waals surface area contributed by atoms with E-state index in [1.807, 2.05) is 6.20 Å². The number of nitrogens with zero attached hydrogens (tertiary/aromatic N) is 2. The molecule has 0 atom stereocenters. The second kappa shape index (κ2) is 4.34. The second-order valence-electron chi connectivity index (χ2n) is 4.65. The van der Waals surface area contributed by atoms with E-state index >= 15 is 0 Å². The van der Waals surface area contributed by atoms with Gasteiger partial charge in [0.25, 0.3) is 0 Å². The Kier molecular flexibility index (Phi) is 2.69. The molecular formula is C14H17N3. The predicted octanol–water partition coefficient (Wildman–Crippen LogP) is 2.25. The van der Waals surface area contributed by atoms with Crippen LogP contribution >= 0.6 is 0 Å². The van der Waals surface area contributed by atoms with E-state index in [0.29, 0.717) is 6.54 Å². The summed E-state index contributed by atoms with van der Waals surface area (Å²) in [5.74, 6) is 0.723. The van der Waals surface area contributed by atoms with Crippen molar-refractivity contribution in [2.24, 2.45) is 5.73 Å². The van der Waals surface area contributed by atoms with Crippen LogP contribution in [0.15, 0.2) is 36.5 Å². The first kappa shape index (κ1) is 10.5. The molecule has 17 heavy (non-hydrogen) atoms. The number of hydrogen-bond donors (Lipinski definition) is 1. The molecule has 0 amide bonds. The van der Waals surface area contributed by atoms with Gasteiger partial charge in [0.1, 0.15) is 0 Å². The summed E-state index contributed by atoms with van der Waals surface area (Å²) in [6.45, 7) is 0.703. The molecular weight excluding hydrogens is 210 g/mol. The molecule has 2 aromatic rings. The third-order valence-corrected chi connectivity index (χ3v) is 3.28. The average molecular weight is 227 g/mol. The standard InChI is InChI=1S/C14H17N3/c15-9-7-11-1-5-13(6-2-11)17-14(8-10-16-17)12-3-4-12/h1-2,5-6,8,10,12H,3-4,7,9,15H2. The molecule has 3 nitrogen and oxygen atoms in total. The summed E-state index contributed by atoms with van der Waals surface area (Å²) in [6.07, 6.45) is 5.43. The van der Waals surface area contributed by atoms with E-state index in [4.69, 9.17) is 5.73 Å².